The lowest BCUT2D eigenvalue weighted by molar-refractivity contribution is -0.137. The van der Waals surface area contributed by atoms with Crippen LogP contribution in [0.1, 0.15) is 38.3 Å². The van der Waals surface area contributed by atoms with Gasteiger partial charge in [0.2, 0.25) is 11.8 Å². The van der Waals surface area contributed by atoms with E-state index in [9.17, 15) is 22.8 Å². The number of nitrogens with one attached hydrogen (secondary N) is 3. The van der Waals surface area contributed by atoms with E-state index < -0.39 is 23.3 Å². The molecule has 1 heterocycles. The molecule has 2 atom stereocenters. The molecule has 0 bridgehead atoms. The maximum atomic E-state index is 12.6. The van der Waals surface area contributed by atoms with E-state index in [4.69, 9.17) is 0 Å². The monoisotopic (exact) mass is 343 g/mol. The van der Waals surface area contributed by atoms with Gasteiger partial charge in [-0.25, -0.2) is 0 Å². The average molecular weight is 343 g/mol. The van der Waals surface area contributed by atoms with Crippen LogP contribution in [0.2, 0.25) is 0 Å². The average Bonchev–Trinajstić information content (AvgIpc) is 2.45. The molecule has 1 aliphatic heterocycles. The molecule has 1 fully saturated rings. The molecule has 1 saturated heterocycles. The number of alkyl halides is 3. The highest BCUT2D eigenvalue weighted by atomic mass is 19.4. The van der Waals surface area contributed by atoms with E-state index in [0.717, 1.165) is 12.1 Å². The third-order valence-corrected chi connectivity index (χ3v) is 3.90. The topological polar surface area (TPSA) is 70.2 Å². The molecular weight excluding hydrogens is 323 g/mol. The second-order valence-corrected chi connectivity index (χ2v) is 6.40. The van der Waals surface area contributed by atoms with Gasteiger partial charge in [-0.2, -0.15) is 13.2 Å². The third kappa shape index (κ3) is 4.25. The van der Waals surface area contributed by atoms with E-state index in [1.165, 1.54) is 12.1 Å². The minimum Gasteiger partial charge on any atom is -0.346 e. The molecule has 132 valence electrons. The van der Waals surface area contributed by atoms with Crippen molar-refractivity contribution in [3.05, 3.63) is 35.4 Å². The highest BCUT2D eigenvalue weighted by Gasteiger charge is 2.34. The Kier molecular flexibility index (Phi) is 4.89. The number of rotatable bonds is 3. The van der Waals surface area contributed by atoms with E-state index >= 15 is 0 Å². The normalized spacial score (nSPS) is 22.0. The Morgan fingerprint density at radius 2 is 1.71 bits per heavy atom. The number of hydrogen-bond acceptors (Lipinski definition) is 3. The molecule has 0 aromatic heterocycles. The maximum absolute atomic E-state index is 12.6. The van der Waals surface area contributed by atoms with Crippen LogP contribution >= 0.6 is 0 Å². The molecule has 1 aliphatic rings. The second-order valence-electron chi connectivity index (χ2n) is 6.40. The largest absolute Gasteiger partial charge is 0.416 e. The lowest BCUT2D eigenvalue weighted by Crippen LogP contribution is -2.61. The van der Waals surface area contributed by atoms with Crippen molar-refractivity contribution in [2.75, 3.05) is 0 Å². The first-order valence-corrected chi connectivity index (χ1v) is 7.54. The molecule has 1 aromatic carbocycles. The van der Waals surface area contributed by atoms with Crippen molar-refractivity contribution in [2.24, 2.45) is 0 Å². The van der Waals surface area contributed by atoms with Crippen LogP contribution in [-0.2, 0) is 21.3 Å². The zero-order chi connectivity index (χ0) is 18.1. The van der Waals surface area contributed by atoms with Crippen LogP contribution in [0.3, 0.4) is 0 Å². The number of halogens is 3. The molecule has 5 nitrogen and oxygen atoms in total. The van der Waals surface area contributed by atoms with Gasteiger partial charge in [0.15, 0.2) is 0 Å². The summed E-state index contributed by atoms with van der Waals surface area (Å²) in [6.07, 6.45) is -4.71. The Hall–Kier alpha value is -2.09. The number of amides is 2. The Bertz CT molecular complexity index is 626. The molecule has 1 aromatic rings. The van der Waals surface area contributed by atoms with E-state index in [0.29, 0.717) is 5.56 Å². The lowest BCUT2D eigenvalue weighted by Gasteiger charge is -2.33. The van der Waals surface area contributed by atoms with Crippen molar-refractivity contribution < 1.29 is 22.8 Å². The molecule has 0 saturated carbocycles. The fraction of sp³-hybridized carbons (Fsp3) is 0.500. The van der Waals surface area contributed by atoms with Gasteiger partial charge in [-0.15, -0.1) is 0 Å². The third-order valence-electron chi connectivity index (χ3n) is 3.90. The highest BCUT2D eigenvalue weighted by Crippen LogP contribution is 2.31. The maximum Gasteiger partial charge on any atom is 0.416 e. The second kappa shape index (κ2) is 6.43. The smallest absolute Gasteiger partial charge is 0.346 e. The highest BCUT2D eigenvalue weighted by molar-refractivity contribution is 5.90. The van der Waals surface area contributed by atoms with E-state index in [2.05, 4.69) is 16.0 Å². The van der Waals surface area contributed by atoms with E-state index in [1.54, 1.807) is 20.8 Å². The number of hydrogen-bond donors (Lipinski definition) is 3. The summed E-state index contributed by atoms with van der Waals surface area (Å²) in [7, 11) is 0. The summed E-state index contributed by atoms with van der Waals surface area (Å²) in [4.78, 5) is 23.9. The molecule has 0 radical (unpaired) electrons. The van der Waals surface area contributed by atoms with Crippen LogP contribution in [0.15, 0.2) is 24.3 Å². The van der Waals surface area contributed by atoms with Gasteiger partial charge in [0.05, 0.1) is 29.7 Å². The van der Waals surface area contributed by atoms with Crippen molar-refractivity contribution in [2.45, 2.75) is 51.1 Å². The molecule has 2 rings (SSSR count). The predicted octanol–water partition coefficient (Wildman–Crippen LogP) is 1.88. The van der Waals surface area contributed by atoms with Gasteiger partial charge in [-0.1, -0.05) is 12.1 Å². The zero-order valence-electron chi connectivity index (χ0n) is 13.6. The van der Waals surface area contributed by atoms with Crippen LogP contribution in [0.4, 0.5) is 13.2 Å². The summed E-state index contributed by atoms with van der Waals surface area (Å²) in [6, 6.07) is 3.97. The Balaban J connectivity index is 2.10. The first-order valence-electron chi connectivity index (χ1n) is 7.54. The van der Waals surface area contributed by atoms with Crippen LogP contribution < -0.4 is 16.0 Å². The van der Waals surface area contributed by atoms with E-state index in [-0.39, 0.29) is 24.4 Å². The molecule has 24 heavy (non-hydrogen) atoms. The van der Waals surface area contributed by atoms with Gasteiger partial charge in [-0.3, -0.25) is 14.9 Å². The van der Waals surface area contributed by atoms with Crippen molar-refractivity contribution in [1.82, 2.24) is 16.0 Å². The number of benzene rings is 1. The van der Waals surface area contributed by atoms with Crippen molar-refractivity contribution in [3.63, 3.8) is 0 Å². The molecular formula is C16H20F3N3O2. The molecule has 0 aliphatic carbocycles. The van der Waals surface area contributed by atoms with Crippen LogP contribution in [0, 0.1) is 0 Å². The summed E-state index contributed by atoms with van der Waals surface area (Å²) < 4.78 is 37.9. The molecule has 0 spiro atoms. The quantitative estimate of drug-likeness (QED) is 0.785. The fourth-order valence-corrected chi connectivity index (χ4v) is 2.60. The van der Waals surface area contributed by atoms with Crippen LogP contribution in [0.25, 0.3) is 0 Å². The van der Waals surface area contributed by atoms with Crippen LogP contribution in [0.5, 0.6) is 0 Å². The number of carbonyl (C=O) groups is 2. The SMILES string of the molecule is CC1NC(=O)CC(C(=O)NC(C)(C)c2ccc(C(F)(F)F)cc2)N1. The summed E-state index contributed by atoms with van der Waals surface area (Å²) in [5.41, 5.74) is -1.08. The summed E-state index contributed by atoms with van der Waals surface area (Å²) in [5, 5.41) is 8.38. The lowest BCUT2D eigenvalue weighted by atomic mass is 9.92. The van der Waals surface area contributed by atoms with Crippen molar-refractivity contribution in [3.8, 4) is 0 Å². The number of carbonyl (C=O) groups excluding carboxylic acids is 2. The summed E-state index contributed by atoms with van der Waals surface area (Å²) in [6.45, 7) is 5.11. The standard InChI is InChI=1S/C16H20F3N3O2/c1-9-20-12(8-13(23)21-9)14(24)22-15(2,3)10-4-6-11(7-5-10)16(17,18)19/h4-7,9,12,20H,8H2,1-3H3,(H,21,23)(H,22,24). The molecule has 2 amide bonds. The predicted molar refractivity (Wildman–Crippen MR) is 81.8 cm³/mol. The van der Waals surface area contributed by atoms with Gasteiger partial charge < -0.3 is 10.6 Å². The Labute approximate surface area is 138 Å². The molecule has 8 heteroatoms. The van der Waals surface area contributed by atoms with Gasteiger partial charge in [0, 0.05) is 0 Å². The van der Waals surface area contributed by atoms with Crippen LogP contribution in [-0.4, -0.2) is 24.0 Å². The minimum absolute atomic E-state index is 0.0132. The Morgan fingerprint density at radius 3 is 2.21 bits per heavy atom. The zero-order valence-corrected chi connectivity index (χ0v) is 13.6. The van der Waals surface area contributed by atoms with Gasteiger partial charge in [0.1, 0.15) is 0 Å². The van der Waals surface area contributed by atoms with Gasteiger partial charge in [-0.05, 0) is 38.5 Å². The molecule has 2 unspecified atom stereocenters. The van der Waals surface area contributed by atoms with Crippen molar-refractivity contribution >= 4 is 11.8 Å². The van der Waals surface area contributed by atoms with Gasteiger partial charge >= 0.3 is 6.18 Å². The van der Waals surface area contributed by atoms with E-state index in [1.807, 2.05) is 0 Å². The first kappa shape index (κ1) is 18.3. The first-order chi connectivity index (χ1) is 11.0. The summed E-state index contributed by atoms with van der Waals surface area (Å²) in [5.74, 6) is -0.602. The fourth-order valence-electron chi connectivity index (χ4n) is 2.60. The summed E-state index contributed by atoms with van der Waals surface area (Å²) >= 11 is 0. The Morgan fingerprint density at radius 1 is 1.17 bits per heavy atom. The molecule has 3 N–H and O–H groups in total. The van der Waals surface area contributed by atoms with Gasteiger partial charge in [0.25, 0.3) is 0 Å². The minimum atomic E-state index is -4.40. The van der Waals surface area contributed by atoms with Crippen molar-refractivity contribution in [1.29, 1.82) is 0 Å².